The number of nitriles is 1. The third-order valence-electron chi connectivity index (χ3n) is 5.16. The Kier molecular flexibility index (Phi) is 4.48. The number of nitrogens with one attached hydrogen (secondary N) is 1. The van der Waals surface area contributed by atoms with Crippen LogP contribution in [-0.4, -0.2) is 31.5 Å². The predicted octanol–water partition coefficient (Wildman–Crippen LogP) is 4.49. The normalized spacial score (nSPS) is 18.3. The molecule has 0 radical (unpaired) electrons. The Morgan fingerprint density at radius 1 is 1.26 bits per heavy atom. The van der Waals surface area contributed by atoms with Gasteiger partial charge in [-0.1, -0.05) is 0 Å². The maximum absolute atomic E-state index is 12.0. The van der Waals surface area contributed by atoms with Crippen LogP contribution < -0.4 is 5.73 Å². The molecule has 1 saturated heterocycles. The fourth-order valence-corrected chi connectivity index (χ4v) is 5.95. The number of aromatic amines is 1. The van der Waals surface area contributed by atoms with Crippen LogP contribution in [-0.2, 0) is 0 Å². The van der Waals surface area contributed by atoms with E-state index in [4.69, 9.17) is 11.0 Å². The van der Waals surface area contributed by atoms with E-state index in [2.05, 4.69) is 11.1 Å². The van der Waals surface area contributed by atoms with Crippen LogP contribution in [0.1, 0.15) is 39.6 Å². The van der Waals surface area contributed by atoms with Gasteiger partial charge in [-0.3, -0.25) is 13.9 Å². The van der Waals surface area contributed by atoms with Crippen molar-refractivity contribution in [3.8, 4) is 17.2 Å². The van der Waals surface area contributed by atoms with Gasteiger partial charge in [-0.25, -0.2) is 0 Å². The van der Waals surface area contributed by atoms with Gasteiger partial charge in [-0.15, -0.1) is 11.3 Å². The number of amides is 1. The zero-order valence-corrected chi connectivity index (χ0v) is 16.1. The molecule has 4 rings (SSSR count). The molecule has 5 N–H and O–H groups in total. The number of rotatable bonds is 3. The zero-order chi connectivity index (χ0) is 19.2. The van der Waals surface area contributed by atoms with Crippen molar-refractivity contribution >= 4 is 38.7 Å². The van der Waals surface area contributed by atoms with Crippen molar-refractivity contribution in [1.82, 2.24) is 4.98 Å². The highest BCUT2D eigenvalue weighted by Crippen LogP contribution is 2.49. The first-order chi connectivity index (χ1) is 12.9. The van der Waals surface area contributed by atoms with Crippen molar-refractivity contribution in [2.75, 3.05) is 11.5 Å². The summed E-state index contributed by atoms with van der Waals surface area (Å²) in [6.07, 6.45) is 3.29. The number of aromatic nitrogens is 1. The molecule has 0 aliphatic carbocycles. The van der Waals surface area contributed by atoms with Crippen LogP contribution in [0, 0.1) is 11.3 Å². The third kappa shape index (κ3) is 3.35. The number of benzene rings is 1. The van der Waals surface area contributed by atoms with Gasteiger partial charge in [0.2, 0.25) is 0 Å². The Bertz CT molecular complexity index is 1070. The number of H-pyrrole nitrogens is 1. The quantitative estimate of drug-likeness (QED) is 0.516. The molecule has 1 fully saturated rings. The molecule has 1 aliphatic rings. The lowest BCUT2D eigenvalue weighted by Crippen LogP contribution is -2.19. The Balaban J connectivity index is 1.83. The Morgan fingerprint density at radius 3 is 2.63 bits per heavy atom. The Hall–Kier alpha value is -2.31. The third-order valence-corrected chi connectivity index (χ3v) is 7.77. The van der Waals surface area contributed by atoms with Gasteiger partial charge in [0.15, 0.2) is 0 Å². The van der Waals surface area contributed by atoms with Gasteiger partial charge >= 0.3 is 0 Å². The number of primary amides is 1. The average Bonchev–Trinajstić information content (AvgIpc) is 3.27. The second-order valence-electron chi connectivity index (χ2n) is 6.85. The van der Waals surface area contributed by atoms with Gasteiger partial charge in [0.25, 0.3) is 5.91 Å². The number of hydrogen-bond donors (Lipinski definition) is 4. The van der Waals surface area contributed by atoms with Crippen LogP contribution in [0.4, 0.5) is 0 Å². The molecule has 0 saturated carbocycles. The summed E-state index contributed by atoms with van der Waals surface area (Å²) in [4.78, 5) is 15.8. The number of thiophene rings is 1. The number of nitrogens with two attached hydrogens (primary N) is 1. The van der Waals surface area contributed by atoms with Gasteiger partial charge in [0.05, 0.1) is 11.1 Å². The Morgan fingerprint density at radius 2 is 2.00 bits per heavy atom. The molecule has 6 nitrogen and oxygen atoms in total. The number of carbonyl (C=O) groups excluding carboxylic acids is 1. The summed E-state index contributed by atoms with van der Waals surface area (Å²) >= 11 is 1.36. The standard InChI is InChI=1S/C19H19N3O3S2/c20-8-14-5-13(10-26-14)12-6-15-17(11-1-3-27(24,25)4-2-11)9-22-18(15)16(7-12)19(21)23/h5-7,9-11,22,24-25H,1-4H2,(H2,21,23). The number of carbonyl (C=O) groups is 1. The molecule has 1 aliphatic heterocycles. The van der Waals surface area contributed by atoms with Crippen molar-refractivity contribution in [2.45, 2.75) is 18.8 Å². The van der Waals surface area contributed by atoms with Crippen molar-refractivity contribution in [3.63, 3.8) is 0 Å². The lowest BCUT2D eigenvalue weighted by atomic mass is 9.91. The molecule has 3 aromatic rings. The smallest absolute Gasteiger partial charge is 0.250 e. The highest BCUT2D eigenvalue weighted by Gasteiger charge is 2.27. The van der Waals surface area contributed by atoms with Crippen LogP contribution >= 0.6 is 21.9 Å². The van der Waals surface area contributed by atoms with E-state index in [0.717, 1.165) is 22.1 Å². The van der Waals surface area contributed by atoms with Crippen LogP contribution in [0.15, 0.2) is 29.8 Å². The van der Waals surface area contributed by atoms with Crippen molar-refractivity contribution in [2.24, 2.45) is 5.73 Å². The first-order valence-electron chi connectivity index (χ1n) is 8.55. The molecule has 1 aromatic carbocycles. The van der Waals surface area contributed by atoms with E-state index in [9.17, 15) is 13.9 Å². The first-order valence-corrected chi connectivity index (χ1v) is 11.3. The van der Waals surface area contributed by atoms with Crippen LogP contribution in [0.2, 0.25) is 0 Å². The average molecular weight is 402 g/mol. The second-order valence-corrected chi connectivity index (χ2v) is 10.2. The van der Waals surface area contributed by atoms with E-state index in [1.165, 1.54) is 11.3 Å². The molecule has 0 unspecified atom stereocenters. The topological polar surface area (TPSA) is 123 Å². The first kappa shape index (κ1) is 18.1. The fraction of sp³-hybridized carbons (Fsp3) is 0.263. The SMILES string of the molecule is N#Cc1cc(-c2cc(C(N)=O)c3[nH]cc(C4CCS(O)(O)CC4)c3c2)cs1. The van der Waals surface area contributed by atoms with E-state index in [1.807, 2.05) is 17.6 Å². The van der Waals surface area contributed by atoms with Gasteiger partial charge in [-0.05, 0) is 59.0 Å². The zero-order valence-electron chi connectivity index (χ0n) is 14.4. The van der Waals surface area contributed by atoms with E-state index in [1.54, 1.807) is 12.1 Å². The summed E-state index contributed by atoms with van der Waals surface area (Å²) in [6, 6.07) is 7.71. The van der Waals surface area contributed by atoms with E-state index < -0.39 is 16.5 Å². The van der Waals surface area contributed by atoms with Gasteiger partial charge < -0.3 is 10.7 Å². The minimum absolute atomic E-state index is 0.201. The monoisotopic (exact) mass is 401 g/mol. The predicted molar refractivity (Wildman–Crippen MR) is 109 cm³/mol. The number of hydrogen-bond acceptors (Lipinski definition) is 5. The van der Waals surface area contributed by atoms with Crippen LogP contribution in [0.25, 0.3) is 22.0 Å². The number of fused-ring (bicyclic) bond motifs is 1. The lowest BCUT2D eigenvalue weighted by molar-refractivity contribution is 0.100. The summed E-state index contributed by atoms with van der Waals surface area (Å²) in [7, 11) is -2.45. The molecule has 0 atom stereocenters. The molecule has 8 heteroatoms. The van der Waals surface area contributed by atoms with Gasteiger partial charge in [0, 0.05) is 23.1 Å². The van der Waals surface area contributed by atoms with E-state index in [0.29, 0.717) is 40.3 Å². The molecule has 3 heterocycles. The summed E-state index contributed by atoms with van der Waals surface area (Å²) in [5, 5.41) is 11.9. The molecule has 1 amide bonds. The van der Waals surface area contributed by atoms with Crippen molar-refractivity contribution in [3.05, 3.63) is 45.8 Å². The number of nitrogens with zero attached hydrogens (tertiary/aromatic N) is 1. The fourth-order valence-electron chi connectivity index (χ4n) is 3.72. The molecule has 0 bridgehead atoms. The van der Waals surface area contributed by atoms with Gasteiger partial charge in [-0.2, -0.15) is 15.9 Å². The van der Waals surface area contributed by atoms with E-state index >= 15 is 0 Å². The second kappa shape index (κ2) is 6.69. The highest BCUT2D eigenvalue weighted by molar-refractivity contribution is 8.24. The minimum Gasteiger partial charge on any atom is -0.366 e. The Labute approximate surface area is 162 Å². The maximum Gasteiger partial charge on any atom is 0.250 e. The molecule has 0 spiro atoms. The summed E-state index contributed by atoms with van der Waals surface area (Å²) < 4.78 is 19.8. The minimum atomic E-state index is -2.45. The lowest BCUT2D eigenvalue weighted by Gasteiger charge is -2.39. The van der Waals surface area contributed by atoms with Crippen LogP contribution in [0.5, 0.6) is 0 Å². The molecule has 2 aromatic heterocycles. The summed E-state index contributed by atoms with van der Waals surface area (Å²) in [6.45, 7) is 0. The summed E-state index contributed by atoms with van der Waals surface area (Å²) in [5.41, 5.74) is 9.52. The van der Waals surface area contributed by atoms with Gasteiger partial charge in [0.1, 0.15) is 10.9 Å². The molecule has 140 valence electrons. The largest absolute Gasteiger partial charge is 0.366 e. The molecule has 27 heavy (non-hydrogen) atoms. The molecular weight excluding hydrogens is 382 g/mol. The maximum atomic E-state index is 12.0. The van der Waals surface area contributed by atoms with E-state index in [-0.39, 0.29) is 5.92 Å². The highest BCUT2D eigenvalue weighted by atomic mass is 32.3. The summed E-state index contributed by atoms with van der Waals surface area (Å²) in [5.74, 6) is 0.501. The van der Waals surface area contributed by atoms with Crippen molar-refractivity contribution in [1.29, 1.82) is 5.26 Å². The van der Waals surface area contributed by atoms with Crippen LogP contribution in [0.3, 0.4) is 0 Å². The molecular formula is C19H19N3O3S2. The van der Waals surface area contributed by atoms with Crippen molar-refractivity contribution < 1.29 is 13.9 Å².